The van der Waals surface area contributed by atoms with Gasteiger partial charge in [-0.05, 0) is 36.6 Å². The molecule has 0 radical (unpaired) electrons. The highest BCUT2D eigenvalue weighted by molar-refractivity contribution is 5.98. The molecule has 9 nitrogen and oxygen atoms in total. The van der Waals surface area contributed by atoms with Crippen molar-refractivity contribution in [1.29, 1.82) is 0 Å². The molecule has 2 amide bonds. The first kappa shape index (κ1) is 24.4. The molecule has 188 valence electrons. The van der Waals surface area contributed by atoms with Crippen molar-refractivity contribution < 1.29 is 19.1 Å². The molecule has 37 heavy (non-hydrogen) atoms. The highest BCUT2D eigenvalue weighted by atomic mass is 16.7. The number of ether oxygens (including phenoxy) is 2. The van der Waals surface area contributed by atoms with Gasteiger partial charge in [-0.2, -0.15) is 5.10 Å². The Bertz CT molecular complexity index is 1400. The van der Waals surface area contributed by atoms with Crippen LogP contribution in [-0.4, -0.2) is 51.6 Å². The van der Waals surface area contributed by atoms with Gasteiger partial charge in [0, 0.05) is 18.0 Å². The molecule has 1 aliphatic rings. The summed E-state index contributed by atoms with van der Waals surface area (Å²) in [5, 5.41) is 7.56. The van der Waals surface area contributed by atoms with Gasteiger partial charge in [-0.15, -0.1) is 0 Å². The predicted octanol–water partition coefficient (Wildman–Crippen LogP) is 2.81. The standard InChI is InChI=1S/C28H27N5O4/c1-19-23(21-11-6-3-7-12-21)18-33(32-19)25-22(13-8-14-30-25)26(34)31-24(17-20-9-4-2-5-10-20)28(27(29)35)36-15-16-37-28/h2-14,18,24H,15-17H2,1H3,(H2,29,35)(H,31,34). The SMILES string of the molecule is Cc1nn(-c2ncccc2C(=O)NC(Cc2ccccc2)C2(C(N)=O)OCCO2)cc1-c1ccccc1. The van der Waals surface area contributed by atoms with Crippen molar-refractivity contribution in [3.8, 4) is 16.9 Å². The molecule has 0 spiro atoms. The fourth-order valence-corrected chi connectivity index (χ4v) is 4.54. The van der Waals surface area contributed by atoms with Crippen LogP contribution in [0.15, 0.2) is 85.2 Å². The zero-order chi connectivity index (χ0) is 25.8. The summed E-state index contributed by atoms with van der Waals surface area (Å²) in [6.45, 7) is 2.29. The average Bonchev–Trinajstić information content (AvgIpc) is 3.57. The van der Waals surface area contributed by atoms with Crippen molar-refractivity contribution in [3.05, 3.63) is 102 Å². The topological polar surface area (TPSA) is 121 Å². The fourth-order valence-electron chi connectivity index (χ4n) is 4.54. The second kappa shape index (κ2) is 10.3. The van der Waals surface area contributed by atoms with E-state index >= 15 is 0 Å². The number of aryl methyl sites for hydroxylation is 1. The van der Waals surface area contributed by atoms with Gasteiger partial charge >= 0.3 is 0 Å². The Kier molecular flexibility index (Phi) is 6.80. The molecule has 4 aromatic rings. The lowest BCUT2D eigenvalue weighted by Crippen LogP contribution is -2.61. The normalized spacial score (nSPS) is 15.3. The number of nitrogens with one attached hydrogen (secondary N) is 1. The quantitative estimate of drug-likeness (QED) is 0.386. The van der Waals surface area contributed by atoms with Gasteiger partial charge in [0.1, 0.15) is 0 Å². The number of benzene rings is 2. The van der Waals surface area contributed by atoms with Crippen LogP contribution in [0.5, 0.6) is 0 Å². The van der Waals surface area contributed by atoms with Crippen molar-refractivity contribution in [2.45, 2.75) is 25.2 Å². The first-order chi connectivity index (χ1) is 18.0. The Morgan fingerprint density at radius 1 is 1.03 bits per heavy atom. The lowest BCUT2D eigenvalue weighted by Gasteiger charge is -2.33. The first-order valence-electron chi connectivity index (χ1n) is 12.0. The summed E-state index contributed by atoms with van der Waals surface area (Å²) in [5.41, 5.74) is 9.63. The Morgan fingerprint density at radius 2 is 1.70 bits per heavy atom. The third-order valence-corrected chi connectivity index (χ3v) is 6.34. The minimum Gasteiger partial charge on any atom is -0.365 e. The maximum absolute atomic E-state index is 13.7. The molecule has 9 heteroatoms. The predicted molar refractivity (Wildman–Crippen MR) is 137 cm³/mol. The number of amides is 2. The van der Waals surface area contributed by atoms with Gasteiger partial charge in [-0.25, -0.2) is 9.67 Å². The van der Waals surface area contributed by atoms with Crippen LogP contribution < -0.4 is 11.1 Å². The van der Waals surface area contributed by atoms with Crippen LogP contribution in [0.25, 0.3) is 16.9 Å². The molecule has 3 N–H and O–H groups in total. The highest BCUT2D eigenvalue weighted by Crippen LogP contribution is 2.28. The Morgan fingerprint density at radius 3 is 2.38 bits per heavy atom. The van der Waals surface area contributed by atoms with Crippen molar-refractivity contribution in [2.24, 2.45) is 5.73 Å². The van der Waals surface area contributed by atoms with E-state index in [4.69, 9.17) is 15.2 Å². The minimum absolute atomic E-state index is 0.192. The number of rotatable bonds is 8. The number of hydrogen-bond donors (Lipinski definition) is 2. The number of carbonyl (C=O) groups excluding carboxylic acids is 2. The summed E-state index contributed by atoms with van der Waals surface area (Å²) in [5.74, 6) is -2.69. The van der Waals surface area contributed by atoms with E-state index in [1.807, 2.05) is 73.8 Å². The first-order valence-corrected chi connectivity index (χ1v) is 12.0. The van der Waals surface area contributed by atoms with E-state index in [1.54, 1.807) is 23.0 Å². The number of carbonyl (C=O) groups is 2. The molecule has 2 aromatic carbocycles. The fraction of sp³-hybridized carbons (Fsp3) is 0.214. The van der Waals surface area contributed by atoms with Crippen molar-refractivity contribution in [2.75, 3.05) is 13.2 Å². The number of pyridine rings is 1. The molecule has 5 rings (SSSR count). The molecule has 1 fully saturated rings. The van der Waals surface area contributed by atoms with E-state index in [9.17, 15) is 9.59 Å². The van der Waals surface area contributed by atoms with Crippen LogP contribution in [0, 0.1) is 6.92 Å². The van der Waals surface area contributed by atoms with E-state index in [1.165, 1.54) is 0 Å². The van der Waals surface area contributed by atoms with Gasteiger partial charge in [0.15, 0.2) is 5.82 Å². The van der Waals surface area contributed by atoms with Crippen molar-refractivity contribution in [3.63, 3.8) is 0 Å². The molecular weight excluding hydrogens is 470 g/mol. The lowest BCUT2D eigenvalue weighted by molar-refractivity contribution is -0.189. The van der Waals surface area contributed by atoms with E-state index in [-0.39, 0.29) is 25.2 Å². The summed E-state index contributed by atoms with van der Waals surface area (Å²) in [7, 11) is 0. The van der Waals surface area contributed by atoms with Crippen LogP contribution in [0.2, 0.25) is 0 Å². The monoisotopic (exact) mass is 497 g/mol. The zero-order valence-electron chi connectivity index (χ0n) is 20.3. The van der Waals surface area contributed by atoms with Gasteiger partial charge in [-0.1, -0.05) is 60.7 Å². The molecule has 1 saturated heterocycles. The maximum atomic E-state index is 13.7. The lowest BCUT2D eigenvalue weighted by atomic mass is 9.97. The van der Waals surface area contributed by atoms with Gasteiger partial charge in [0.2, 0.25) is 0 Å². The van der Waals surface area contributed by atoms with E-state index in [2.05, 4.69) is 15.4 Å². The molecule has 1 atom stereocenters. The Balaban J connectivity index is 1.49. The molecule has 2 aromatic heterocycles. The zero-order valence-corrected chi connectivity index (χ0v) is 20.3. The van der Waals surface area contributed by atoms with Gasteiger partial charge < -0.3 is 20.5 Å². The maximum Gasteiger partial charge on any atom is 0.280 e. The number of nitrogens with zero attached hydrogens (tertiary/aromatic N) is 3. The second-order valence-electron chi connectivity index (χ2n) is 8.76. The van der Waals surface area contributed by atoms with Gasteiger partial charge in [0.25, 0.3) is 17.6 Å². The van der Waals surface area contributed by atoms with Gasteiger partial charge in [-0.3, -0.25) is 9.59 Å². The number of hydrogen-bond acceptors (Lipinski definition) is 6. The van der Waals surface area contributed by atoms with Crippen molar-refractivity contribution in [1.82, 2.24) is 20.1 Å². The van der Waals surface area contributed by atoms with E-state index < -0.39 is 23.6 Å². The highest BCUT2D eigenvalue weighted by Gasteiger charge is 2.51. The summed E-state index contributed by atoms with van der Waals surface area (Å²) in [4.78, 5) is 30.6. The summed E-state index contributed by atoms with van der Waals surface area (Å²) in [6, 6.07) is 21.8. The van der Waals surface area contributed by atoms with Crippen LogP contribution >= 0.6 is 0 Å². The van der Waals surface area contributed by atoms with Crippen LogP contribution in [0.4, 0.5) is 0 Å². The molecule has 3 heterocycles. The Hall–Kier alpha value is -4.34. The summed E-state index contributed by atoms with van der Waals surface area (Å²) in [6.07, 6.45) is 3.71. The van der Waals surface area contributed by atoms with Crippen molar-refractivity contribution >= 4 is 11.8 Å². The number of nitrogens with two attached hydrogens (primary N) is 1. The summed E-state index contributed by atoms with van der Waals surface area (Å²) >= 11 is 0. The smallest absolute Gasteiger partial charge is 0.280 e. The average molecular weight is 498 g/mol. The minimum atomic E-state index is -1.78. The summed E-state index contributed by atoms with van der Waals surface area (Å²) < 4.78 is 13.0. The number of aromatic nitrogens is 3. The van der Waals surface area contributed by atoms with Crippen LogP contribution in [0.1, 0.15) is 21.6 Å². The largest absolute Gasteiger partial charge is 0.365 e. The van der Waals surface area contributed by atoms with Crippen LogP contribution in [-0.2, 0) is 20.7 Å². The number of primary amides is 1. The van der Waals surface area contributed by atoms with E-state index in [0.29, 0.717) is 5.82 Å². The third-order valence-electron chi connectivity index (χ3n) is 6.34. The Labute approximate surface area is 214 Å². The molecule has 0 saturated carbocycles. The molecule has 1 unspecified atom stereocenters. The van der Waals surface area contributed by atoms with E-state index in [0.717, 1.165) is 22.4 Å². The second-order valence-corrected chi connectivity index (χ2v) is 8.76. The molecule has 0 bridgehead atoms. The molecule has 1 aliphatic heterocycles. The van der Waals surface area contributed by atoms with Crippen LogP contribution in [0.3, 0.4) is 0 Å². The third kappa shape index (κ3) is 4.87. The molecular formula is C28H27N5O4. The van der Waals surface area contributed by atoms with Gasteiger partial charge in [0.05, 0.1) is 30.5 Å². The molecule has 0 aliphatic carbocycles.